The second-order valence-electron chi connectivity index (χ2n) is 7.20. The number of rotatable bonds is 10. The first-order chi connectivity index (χ1) is 13.5. The third-order valence-corrected chi connectivity index (χ3v) is 4.56. The van der Waals surface area contributed by atoms with Gasteiger partial charge in [0.15, 0.2) is 17.5 Å². The summed E-state index contributed by atoms with van der Waals surface area (Å²) in [6, 6.07) is 7.98. The molecule has 0 aliphatic heterocycles. The lowest BCUT2D eigenvalue weighted by Gasteiger charge is -2.25. The van der Waals surface area contributed by atoms with Crippen molar-refractivity contribution in [1.82, 2.24) is 20.4 Å². The van der Waals surface area contributed by atoms with Gasteiger partial charge < -0.3 is 20.1 Å². The number of nitrogens with one attached hydrogen (secondary N) is 2. The second kappa shape index (κ2) is 10.6. The molecule has 2 rings (SSSR count). The van der Waals surface area contributed by atoms with Gasteiger partial charge in [0.1, 0.15) is 0 Å². The SMILES string of the molecule is CCNC(=NCC(C)(C)c1ccc(OC)c(OC)c1)NCCCn1cccn1. The van der Waals surface area contributed by atoms with Crippen LogP contribution in [-0.4, -0.2) is 49.6 Å². The molecule has 0 amide bonds. The van der Waals surface area contributed by atoms with Crippen molar-refractivity contribution < 1.29 is 9.47 Å². The number of hydrogen-bond donors (Lipinski definition) is 2. The van der Waals surface area contributed by atoms with Crippen LogP contribution in [0.4, 0.5) is 0 Å². The summed E-state index contributed by atoms with van der Waals surface area (Å²) in [5.74, 6) is 2.30. The molecule has 0 bridgehead atoms. The van der Waals surface area contributed by atoms with Crippen molar-refractivity contribution in [2.45, 2.75) is 39.2 Å². The van der Waals surface area contributed by atoms with E-state index in [-0.39, 0.29) is 5.41 Å². The van der Waals surface area contributed by atoms with Gasteiger partial charge in [-0.25, -0.2) is 0 Å². The van der Waals surface area contributed by atoms with E-state index in [0.29, 0.717) is 6.54 Å². The molecule has 0 aliphatic carbocycles. The van der Waals surface area contributed by atoms with Gasteiger partial charge in [0, 0.05) is 37.4 Å². The number of ether oxygens (including phenoxy) is 2. The highest BCUT2D eigenvalue weighted by Crippen LogP contribution is 2.33. The molecule has 154 valence electrons. The highest BCUT2D eigenvalue weighted by atomic mass is 16.5. The predicted molar refractivity (Wildman–Crippen MR) is 113 cm³/mol. The van der Waals surface area contributed by atoms with Crippen LogP contribution in [0.25, 0.3) is 0 Å². The van der Waals surface area contributed by atoms with Crippen LogP contribution in [0.2, 0.25) is 0 Å². The van der Waals surface area contributed by atoms with Crippen LogP contribution in [0.3, 0.4) is 0 Å². The molecule has 28 heavy (non-hydrogen) atoms. The topological polar surface area (TPSA) is 72.7 Å². The van der Waals surface area contributed by atoms with E-state index in [0.717, 1.165) is 49.1 Å². The highest BCUT2D eigenvalue weighted by molar-refractivity contribution is 5.79. The molecule has 2 aromatic rings. The number of benzene rings is 1. The van der Waals surface area contributed by atoms with Gasteiger partial charge in [-0.2, -0.15) is 5.10 Å². The Labute approximate surface area is 168 Å². The van der Waals surface area contributed by atoms with Crippen LogP contribution < -0.4 is 20.1 Å². The smallest absolute Gasteiger partial charge is 0.191 e. The Balaban J connectivity index is 1.97. The highest BCUT2D eigenvalue weighted by Gasteiger charge is 2.22. The second-order valence-corrected chi connectivity index (χ2v) is 7.20. The Bertz CT molecular complexity index is 741. The summed E-state index contributed by atoms with van der Waals surface area (Å²) < 4.78 is 12.7. The maximum absolute atomic E-state index is 5.44. The maximum atomic E-state index is 5.44. The van der Waals surface area contributed by atoms with Crippen LogP contribution >= 0.6 is 0 Å². The monoisotopic (exact) mass is 387 g/mol. The largest absolute Gasteiger partial charge is 0.493 e. The maximum Gasteiger partial charge on any atom is 0.191 e. The Morgan fingerprint density at radius 3 is 2.61 bits per heavy atom. The summed E-state index contributed by atoms with van der Waals surface area (Å²) in [6.45, 7) is 9.62. The molecule has 0 fully saturated rings. The van der Waals surface area contributed by atoms with Gasteiger partial charge in [-0.05, 0) is 37.1 Å². The van der Waals surface area contributed by atoms with Crippen molar-refractivity contribution in [3.8, 4) is 11.5 Å². The molecule has 0 aliphatic rings. The fourth-order valence-corrected chi connectivity index (χ4v) is 2.85. The molecule has 2 N–H and O–H groups in total. The standard InChI is InChI=1S/C21H33N5O2/c1-6-22-20(23-11-7-13-26-14-8-12-25-26)24-16-21(2,3)17-9-10-18(27-4)19(15-17)28-5/h8-10,12,14-15H,6-7,11,13,16H2,1-5H3,(H2,22,23,24). The zero-order valence-corrected chi connectivity index (χ0v) is 17.7. The molecule has 0 atom stereocenters. The molecule has 1 heterocycles. The average molecular weight is 388 g/mol. The van der Waals surface area contributed by atoms with Gasteiger partial charge in [-0.3, -0.25) is 9.67 Å². The van der Waals surface area contributed by atoms with Crippen LogP contribution in [0, 0.1) is 0 Å². The van der Waals surface area contributed by atoms with E-state index >= 15 is 0 Å². The molecule has 0 saturated heterocycles. The molecule has 0 radical (unpaired) electrons. The van der Waals surface area contributed by atoms with E-state index in [1.165, 1.54) is 0 Å². The number of nitrogens with zero attached hydrogens (tertiary/aromatic N) is 3. The zero-order chi connectivity index (χ0) is 20.4. The number of aliphatic imine (C=N–C) groups is 1. The lowest BCUT2D eigenvalue weighted by molar-refractivity contribution is 0.353. The third-order valence-electron chi connectivity index (χ3n) is 4.56. The summed E-state index contributed by atoms with van der Waals surface area (Å²) in [6.07, 6.45) is 4.76. The molecule has 7 heteroatoms. The molecular formula is C21H33N5O2. The first-order valence-electron chi connectivity index (χ1n) is 9.72. The number of hydrogen-bond acceptors (Lipinski definition) is 4. The lowest BCUT2D eigenvalue weighted by Crippen LogP contribution is -2.39. The van der Waals surface area contributed by atoms with Crippen molar-refractivity contribution in [2.24, 2.45) is 4.99 Å². The Kier molecular flexibility index (Phi) is 8.17. The van der Waals surface area contributed by atoms with Crippen LogP contribution in [0.1, 0.15) is 32.8 Å². The fraction of sp³-hybridized carbons (Fsp3) is 0.524. The van der Waals surface area contributed by atoms with Gasteiger partial charge in [0.05, 0.1) is 20.8 Å². The van der Waals surface area contributed by atoms with Crippen molar-refractivity contribution in [3.05, 3.63) is 42.2 Å². The molecule has 0 unspecified atom stereocenters. The molecule has 1 aromatic carbocycles. The molecular weight excluding hydrogens is 354 g/mol. The number of methoxy groups -OCH3 is 2. The first-order valence-corrected chi connectivity index (χ1v) is 9.72. The fourth-order valence-electron chi connectivity index (χ4n) is 2.85. The number of guanidine groups is 1. The molecule has 7 nitrogen and oxygen atoms in total. The van der Waals surface area contributed by atoms with Gasteiger partial charge >= 0.3 is 0 Å². The molecule has 1 aromatic heterocycles. The van der Waals surface area contributed by atoms with E-state index in [4.69, 9.17) is 14.5 Å². The van der Waals surface area contributed by atoms with E-state index in [2.05, 4.69) is 42.6 Å². The summed E-state index contributed by atoms with van der Waals surface area (Å²) in [7, 11) is 3.30. The molecule has 0 spiro atoms. The summed E-state index contributed by atoms with van der Waals surface area (Å²) in [4.78, 5) is 4.79. The van der Waals surface area contributed by atoms with Gasteiger partial charge in [0.2, 0.25) is 0 Å². The minimum absolute atomic E-state index is 0.142. The van der Waals surface area contributed by atoms with E-state index in [9.17, 15) is 0 Å². The summed E-state index contributed by atoms with van der Waals surface area (Å²) in [5, 5.41) is 10.9. The van der Waals surface area contributed by atoms with Crippen molar-refractivity contribution in [1.29, 1.82) is 0 Å². The van der Waals surface area contributed by atoms with Crippen molar-refractivity contribution >= 4 is 5.96 Å². The predicted octanol–water partition coefficient (Wildman–Crippen LogP) is 2.82. The quantitative estimate of drug-likeness (QED) is 0.373. The Hall–Kier alpha value is -2.70. The van der Waals surface area contributed by atoms with Crippen molar-refractivity contribution in [2.75, 3.05) is 33.9 Å². The first kappa shape index (κ1) is 21.6. The average Bonchev–Trinajstić information content (AvgIpc) is 3.22. The summed E-state index contributed by atoms with van der Waals surface area (Å²) in [5.41, 5.74) is 1.01. The lowest BCUT2D eigenvalue weighted by atomic mass is 9.84. The Morgan fingerprint density at radius 2 is 1.96 bits per heavy atom. The van der Waals surface area contributed by atoms with Crippen LogP contribution in [0.15, 0.2) is 41.7 Å². The Morgan fingerprint density at radius 1 is 1.18 bits per heavy atom. The number of aryl methyl sites for hydroxylation is 1. The summed E-state index contributed by atoms with van der Waals surface area (Å²) >= 11 is 0. The van der Waals surface area contributed by atoms with Gasteiger partial charge in [0.25, 0.3) is 0 Å². The minimum atomic E-state index is -0.142. The van der Waals surface area contributed by atoms with E-state index in [1.807, 2.05) is 29.1 Å². The van der Waals surface area contributed by atoms with Crippen molar-refractivity contribution in [3.63, 3.8) is 0 Å². The van der Waals surface area contributed by atoms with Crippen LogP contribution in [0.5, 0.6) is 11.5 Å². The minimum Gasteiger partial charge on any atom is -0.493 e. The third kappa shape index (κ3) is 6.18. The van der Waals surface area contributed by atoms with Crippen LogP contribution in [-0.2, 0) is 12.0 Å². The van der Waals surface area contributed by atoms with E-state index in [1.54, 1.807) is 20.4 Å². The van der Waals surface area contributed by atoms with E-state index < -0.39 is 0 Å². The van der Waals surface area contributed by atoms with Gasteiger partial charge in [-0.15, -0.1) is 0 Å². The number of aromatic nitrogens is 2. The zero-order valence-electron chi connectivity index (χ0n) is 17.7. The molecule has 0 saturated carbocycles. The normalized spacial score (nSPS) is 12.0. The van der Waals surface area contributed by atoms with Gasteiger partial charge in [-0.1, -0.05) is 19.9 Å².